The smallest absolute Gasteiger partial charge is 0.242 e. The zero-order valence-electron chi connectivity index (χ0n) is 12.7. The summed E-state index contributed by atoms with van der Waals surface area (Å²) in [7, 11) is -0.347. The van der Waals surface area contributed by atoms with Gasteiger partial charge in [0.2, 0.25) is 10.0 Å². The van der Waals surface area contributed by atoms with Crippen LogP contribution in [0.25, 0.3) is 22.2 Å². The molecule has 0 saturated heterocycles. The van der Waals surface area contributed by atoms with Gasteiger partial charge in [-0.05, 0) is 42.3 Å². The first-order valence-electron chi connectivity index (χ1n) is 6.87. The number of nitrogens with one attached hydrogen (secondary N) is 1. The second-order valence-corrected chi connectivity index (χ2v) is 7.54. The second-order valence-electron chi connectivity index (χ2n) is 5.38. The zero-order valence-corrected chi connectivity index (χ0v) is 13.5. The lowest BCUT2D eigenvalue weighted by Gasteiger charge is -2.11. The summed E-state index contributed by atoms with van der Waals surface area (Å²) < 4.78 is 25.4. The van der Waals surface area contributed by atoms with Crippen LogP contribution in [0.1, 0.15) is 5.69 Å². The Morgan fingerprint density at radius 2 is 1.77 bits per heavy atom. The maximum absolute atomic E-state index is 12.1. The number of fused-ring (bicyclic) bond motifs is 1. The highest BCUT2D eigenvalue weighted by Gasteiger charge is 2.17. The summed E-state index contributed by atoms with van der Waals surface area (Å²) in [5, 5.41) is 1.03. The van der Waals surface area contributed by atoms with Gasteiger partial charge in [0.05, 0.1) is 4.90 Å². The number of hydrogen-bond acceptors (Lipinski definition) is 3. The SMILES string of the molecule is Cc1cc2c(-c3ccc(S(=O)(=O)N(C)C)cc3)ccnc2[nH]1. The van der Waals surface area contributed by atoms with Gasteiger partial charge in [0.15, 0.2) is 0 Å². The molecule has 0 aliphatic heterocycles. The number of aromatic amines is 1. The van der Waals surface area contributed by atoms with Crippen molar-refractivity contribution in [1.29, 1.82) is 0 Å². The Morgan fingerprint density at radius 1 is 1.09 bits per heavy atom. The molecule has 0 saturated carbocycles. The van der Waals surface area contributed by atoms with E-state index < -0.39 is 10.0 Å². The van der Waals surface area contributed by atoms with E-state index in [2.05, 4.69) is 9.97 Å². The zero-order chi connectivity index (χ0) is 15.9. The molecule has 6 heteroatoms. The fourth-order valence-electron chi connectivity index (χ4n) is 2.43. The van der Waals surface area contributed by atoms with Crippen molar-refractivity contribution in [2.24, 2.45) is 0 Å². The van der Waals surface area contributed by atoms with Crippen molar-refractivity contribution < 1.29 is 8.42 Å². The minimum absolute atomic E-state index is 0.289. The van der Waals surface area contributed by atoms with Gasteiger partial charge in [-0.1, -0.05) is 12.1 Å². The Morgan fingerprint density at radius 3 is 2.41 bits per heavy atom. The van der Waals surface area contributed by atoms with Gasteiger partial charge < -0.3 is 4.98 Å². The number of pyridine rings is 1. The van der Waals surface area contributed by atoms with Crippen LogP contribution in [0.4, 0.5) is 0 Å². The largest absolute Gasteiger partial charge is 0.344 e. The molecule has 0 bridgehead atoms. The third kappa shape index (κ3) is 2.40. The van der Waals surface area contributed by atoms with E-state index in [1.165, 1.54) is 18.4 Å². The lowest BCUT2D eigenvalue weighted by Crippen LogP contribution is -2.22. The molecule has 0 fully saturated rings. The van der Waals surface area contributed by atoms with Crippen molar-refractivity contribution in [3.05, 3.63) is 48.3 Å². The predicted molar refractivity (Wildman–Crippen MR) is 87.1 cm³/mol. The standard InChI is InChI=1S/C16H17N3O2S/c1-11-10-15-14(8-9-17-16(15)18-11)12-4-6-13(7-5-12)22(20,21)19(2)3/h4-10H,1-3H3,(H,17,18). The maximum Gasteiger partial charge on any atom is 0.242 e. The minimum Gasteiger partial charge on any atom is -0.344 e. The molecule has 0 spiro atoms. The third-order valence-corrected chi connectivity index (χ3v) is 5.44. The van der Waals surface area contributed by atoms with Crippen molar-refractivity contribution in [3.63, 3.8) is 0 Å². The highest BCUT2D eigenvalue weighted by atomic mass is 32.2. The minimum atomic E-state index is -3.40. The van der Waals surface area contributed by atoms with Crippen LogP contribution >= 0.6 is 0 Å². The van der Waals surface area contributed by atoms with Gasteiger partial charge in [-0.15, -0.1) is 0 Å². The average Bonchev–Trinajstić information content (AvgIpc) is 2.87. The fourth-order valence-corrected chi connectivity index (χ4v) is 3.33. The van der Waals surface area contributed by atoms with E-state index in [-0.39, 0.29) is 4.90 Å². The summed E-state index contributed by atoms with van der Waals surface area (Å²) in [6.07, 6.45) is 1.75. The summed E-state index contributed by atoms with van der Waals surface area (Å²) in [6.45, 7) is 1.98. The molecule has 1 N–H and O–H groups in total. The van der Waals surface area contributed by atoms with E-state index in [0.29, 0.717) is 0 Å². The van der Waals surface area contributed by atoms with Crippen LogP contribution in [-0.2, 0) is 10.0 Å². The Hall–Kier alpha value is -2.18. The van der Waals surface area contributed by atoms with Crippen molar-refractivity contribution >= 4 is 21.1 Å². The van der Waals surface area contributed by atoms with Gasteiger partial charge in [-0.3, -0.25) is 0 Å². The van der Waals surface area contributed by atoms with Gasteiger partial charge >= 0.3 is 0 Å². The fraction of sp³-hybridized carbons (Fsp3) is 0.188. The van der Waals surface area contributed by atoms with Crippen molar-refractivity contribution in [3.8, 4) is 11.1 Å². The molecule has 3 aromatic rings. The molecule has 0 aliphatic rings. The molecule has 1 aromatic carbocycles. The normalized spacial score (nSPS) is 12.2. The van der Waals surface area contributed by atoms with Gasteiger partial charge in [0.1, 0.15) is 5.65 Å². The molecule has 114 valence electrons. The van der Waals surface area contributed by atoms with Crippen LogP contribution in [0.2, 0.25) is 0 Å². The number of benzene rings is 1. The molecule has 0 amide bonds. The maximum atomic E-state index is 12.1. The van der Waals surface area contributed by atoms with E-state index in [9.17, 15) is 8.42 Å². The Labute approximate surface area is 129 Å². The number of H-pyrrole nitrogens is 1. The first kappa shape index (κ1) is 14.7. The predicted octanol–water partition coefficient (Wildman–Crippen LogP) is 2.79. The molecule has 5 nitrogen and oxygen atoms in total. The number of aromatic nitrogens is 2. The molecule has 0 unspecified atom stereocenters. The highest BCUT2D eigenvalue weighted by Crippen LogP contribution is 2.29. The highest BCUT2D eigenvalue weighted by molar-refractivity contribution is 7.89. The van der Waals surface area contributed by atoms with Gasteiger partial charge in [0.25, 0.3) is 0 Å². The van der Waals surface area contributed by atoms with Crippen LogP contribution in [0.3, 0.4) is 0 Å². The van der Waals surface area contributed by atoms with Crippen molar-refractivity contribution in [1.82, 2.24) is 14.3 Å². The molecule has 0 atom stereocenters. The van der Waals surface area contributed by atoms with Crippen LogP contribution in [-0.4, -0.2) is 36.8 Å². The monoisotopic (exact) mass is 315 g/mol. The van der Waals surface area contributed by atoms with Crippen LogP contribution in [0, 0.1) is 6.92 Å². The lowest BCUT2D eigenvalue weighted by atomic mass is 10.0. The molecular weight excluding hydrogens is 298 g/mol. The average molecular weight is 315 g/mol. The third-order valence-electron chi connectivity index (χ3n) is 3.61. The lowest BCUT2D eigenvalue weighted by molar-refractivity contribution is 0.521. The topological polar surface area (TPSA) is 66.1 Å². The molecule has 0 aliphatic carbocycles. The quantitative estimate of drug-likeness (QED) is 0.808. The van der Waals surface area contributed by atoms with Crippen LogP contribution in [0.15, 0.2) is 47.5 Å². The molecule has 3 rings (SSSR count). The first-order chi connectivity index (χ1) is 10.4. The Bertz CT molecular complexity index is 926. The summed E-state index contributed by atoms with van der Waals surface area (Å²) >= 11 is 0. The number of sulfonamides is 1. The van der Waals surface area contributed by atoms with Crippen LogP contribution in [0.5, 0.6) is 0 Å². The van der Waals surface area contributed by atoms with E-state index >= 15 is 0 Å². The molecule has 2 aromatic heterocycles. The second kappa shape index (κ2) is 5.23. The van der Waals surface area contributed by atoms with Crippen LogP contribution < -0.4 is 0 Å². The summed E-state index contributed by atoms with van der Waals surface area (Å²) in [5.74, 6) is 0. The molecule has 22 heavy (non-hydrogen) atoms. The molecule has 0 radical (unpaired) electrons. The Kier molecular flexibility index (Phi) is 3.50. The van der Waals surface area contributed by atoms with E-state index in [4.69, 9.17) is 0 Å². The summed E-state index contributed by atoms with van der Waals surface area (Å²) in [6, 6.07) is 10.9. The van der Waals surface area contributed by atoms with E-state index in [1.807, 2.05) is 31.2 Å². The van der Waals surface area contributed by atoms with Gasteiger partial charge in [-0.2, -0.15) is 0 Å². The molecular formula is C16H17N3O2S. The van der Waals surface area contributed by atoms with Crippen molar-refractivity contribution in [2.75, 3.05) is 14.1 Å². The van der Waals surface area contributed by atoms with Gasteiger partial charge in [0, 0.05) is 31.4 Å². The number of aryl methyl sites for hydroxylation is 1. The number of rotatable bonds is 3. The first-order valence-corrected chi connectivity index (χ1v) is 8.31. The Balaban J connectivity index is 2.09. The van der Waals surface area contributed by atoms with E-state index in [0.717, 1.165) is 27.9 Å². The summed E-state index contributed by atoms with van der Waals surface area (Å²) in [5.41, 5.74) is 3.87. The number of hydrogen-bond donors (Lipinski definition) is 1. The number of nitrogens with zero attached hydrogens (tertiary/aromatic N) is 2. The summed E-state index contributed by atoms with van der Waals surface area (Å²) in [4.78, 5) is 7.80. The van der Waals surface area contributed by atoms with Gasteiger partial charge in [-0.25, -0.2) is 17.7 Å². The van der Waals surface area contributed by atoms with E-state index in [1.54, 1.807) is 18.3 Å². The molecule has 2 heterocycles. The van der Waals surface area contributed by atoms with Crippen molar-refractivity contribution in [2.45, 2.75) is 11.8 Å².